The summed E-state index contributed by atoms with van der Waals surface area (Å²) in [4.78, 5) is 25.1. The molecule has 6 heteroatoms. The van der Waals surface area contributed by atoms with Gasteiger partial charge in [0.2, 0.25) is 5.91 Å². The van der Waals surface area contributed by atoms with Crippen LogP contribution in [0.5, 0.6) is 0 Å². The number of hydrogen-bond donors (Lipinski definition) is 1. The zero-order valence-electron chi connectivity index (χ0n) is 10.8. The Balaban J connectivity index is 1.68. The second-order valence-electron chi connectivity index (χ2n) is 5.57. The average molecular weight is 269 g/mol. The maximum atomic E-state index is 12.6. The first-order valence-corrected chi connectivity index (χ1v) is 6.90. The molecule has 3 aliphatic heterocycles. The third-order valence-corrected chi connectivity index (χ3v) is 4.34. The van der Waals surface area contributed by atoms with E-state index >= 15 is 0 Å². The third kappa shape index (κ3) is 2.47. The van der Waals surface area contributed by atoms with Crippen LogP contribution in [0, 0.1) is 5.92 Å². The van der Waals surface area contributed by atoms with Crippen LogP contribution in [0.15, 0.2) is 0 Å². The molecule has 3 heterocycles. The fourth-order valence-electron chi connectivity index (χ4n) is 3.43. The van der Waals surface area contributed by atoms with Gasteiger partial charge in [0.1, 0.15) is 0 Å². The van der Waals surface area contributed by atoms with Crippen molar-refractivity contribution in [2.75, 3.05) is 19.8 Å². The number of carboxylic acid groups (broad SMARTS) is 1. The number of amides is 1. The van der Waals surface area contributed by atoms with Gasteiger partial charge >= 0.3 is 5.97 Å². The highest BCUT2D eigenvalue weighted by Crippen LogP contribution is 2.40. The Hall–Kier alpha value is -1.14. The van der Waals surface area contributed by atoms with Crippen LogP contribution in [0.2, 0.25) is 0 Å². The molecule has 3 fully saturated rings. The summed E-state index contributed by atoms with van der Waals surface area (Å²) in [5.41, 5.74) is 0. The van der Waals surface area contributed by atoms with E-state index in [4.69, 9.17) is 14.6 Å². The highest BCUT2D eigenvalue weighted by atomic mass is 16.5. The minimum absolute atomic E-state index is 0.0471. The van der Waals surface area contributed by atoms with Crippen molar-refractivity contribution < 1.29 is 24.2 Å². The summed E-state index contributed by atoms with van der Waals surface area (Å²) >= 11 is 0. The fourth-order valence-corrected chi connectivity index (χ4v) is 3.43. The maximum Gasteiger partial charge on any atom is 0.305 e. The molecule has 1 amide bonds. The summed E-state index contributed by atoms with van der Waals surface area (Å²) in [7, 11) is 0. The molecule has 19 heavy (non-hydrogen) atoms. The van der Waals surface area contributed by atoms with Crippen molar-refractivity contribution >= 4 is 11.9 Å². The Morgan fingerprint density at radius 2 is 2.16 bits per heavy atom. The van der Waals surface area contributed by atoms with Gasteiger partial charge in [-0.15, -0.1) is 0 Å². The van der Waals surface area contributed by atoms with E-state index in [9.17, 15) is 9.59 Å². The number of carbonyl (C=O) groups is 2. The van der Waals surface area contributed by atoms with Crippen LogP contribution in [0.25, 0.3) is 0 Å². The normalized spacial score (nSPS) is 37.6. The van der Waals surface area contributed by atoms with Crippen LogP contribution < -0.4 is 0 Å². The molecule has 0 radical (unpaired) electrons. The van der Waals surface area contributed by atoms with E-state index in [2.05, 4.69) is 0 Å². The van der Waals surface area contributed by atoms with Crippen LogP contribution in [0.3, 0.4) is 0 Å². The van der Waals surface area contributed by atoms with Crippen molar-refractivity contribution in [2.45, 2.75) is 43.9 Å². The lowest BCUT2D eigenvalue weighted by Gasteiger charge is -2.37. The Labute approximate surface area is 111 Å². The lowest BCUT2D eigenvalue weighted by Crippen LogP contribution is -2.52. The average Bonchev–Trinajstić information content (AvgIpc) is 3.00. The van der Waals surface area contributed by atoms with E-state index in [0.717, 1.165) is 19.3 Å². The van der Waals surface area contributed by atoms with Crippen LogP contribution >= 0.6 is 0 Å². The Kier molecular flexibility index (Phi) is 3.45. The van der Waals surface area contributed by atoms with Gasteiger partial charge in [-0.3, -0.25) is 9.59 Å². The minimum atomic E-state index is -0.891. The Morgan fingerprint density at radius 3 is 2.79 bits per heavy atom. The van der Waals surface area contributed by atoms with E-state index in [1.54, 1.807) is 4.90 Å². The molecule has 3 saturated heterocycles. The minimum Gasteiger partial charge on any atom is -0.481 e. The summed E-state index contributed by atoms with van der Waals surface area (Å²) in [6.07, 6.45) is 3.03. The van der Waals surface area contributed by atoms with E-state index < -0.39 is 5.97 Å². The lowest BCUT2D eigenvalue weighted by molar-refractivity contribution is -0.150. The van der Waals surface area contributed by atoms with Gasteiger partial charge < -0.3 is 19.5 Å². The van der Waals surface area contributed by atoms with Crippen LogP contribution in [-0.2, 0) is 19.1 Å². The van der Waals surface area contributed by atoms with Gasteiger partial charge in [0.05, 0.1) is 43.8 Å². The van der Waals surface area contributed by atoms with Gasteiger partial charge in [-0.05, 0) is 19.3 Å². The highest BCUT2D eigenvalue weighted by molar-refractivity contribution is 5.81. The van der Waals surface area contributed by atoms with Gasteiger partial charge in [-0.1, -0.05) is 0 Å². The molecular formula is C13H19NO5. The fraction of sp³-hybridized carbons (Fsp3) is 0.846. The molecule has 0 spiro atoms. The SMILES string of the molecule is O=C(O)CC1COCCN1C(=O)C1CC2CCC1O2. The summed E-state index contributed by atoms with van der Waals surface area (Å²) in [5.74, 6) is -0.910. The number of ether oxygens (including phenoxy) is 2. The van der Waals surface area contributed by atoms with Crippen LogP contribution in [0.1, 0.15) is 25.7 Å². The van der Waals surface area contributed by atoms with Gasteiger partial charge in [-0.2, -0.15) is 0 Å². The number of carbonyl (C=O) groups excluding carboxylic acids is 1. The quantitative estimate of drug-likeness (QED) is 0.795. The van der Waals surface area contributed by atoms with Gasteiger partial charge in [-0.25, -0.2) is 0 Å². The molecule has 4 unspecified atom stereocenters. The molecule has 3 rings (SSSR count). The van der Waals surface area contributed by atoms with Crippen LogP contribution in [-0.4, -0.2) is 59.9 Å². The first kappa shape index (κ1) is 12.9. The number of carboxylic acids is 1. The van der Waals surface area contributed by atoms with Crippen molar-refractivity contribution in [2.24, 2.45) is 5.92 Å². The number of aliphatic carboxylic acids is 1. The Bertz CT molecular complexity index is 385. The number of fused-ring (bicyclic) bond motifs is 2. The summed E-state index contributed by atoms with van der Waals surface area (Å²) in [6, 6.07) is -0.335. The smallest absolute Gasteiger partial charge is 0.305 e. The van der Waals surface area contributed by atoms with E-state index in [1.807, 2.05) is 0 Å². The van der Waals surface area contributed by atoms with Crippen molar-refractivity contribution in [1.29, 1.82) is 0 Å². The predicted octanol–water partition coefficient (Wildman–Crippen LogP) is 0.256. The topological polar surface area (TPSA) is 76.1 Å². The van der Waals surface area contributed by atoms with Crippen molar-refractivity contribution in [3.8, 4) is 0 Å². The first-order chi connectivity index (χ1) is 9.15. The molecule has 0 aliphatic carbocycles. The zero-order chi connectivity index (χ0) is 13.4. The van der Waals surface area contributed by atoms with E-state index in [-0.39, 0.29) is 36.5 Å². The van der Waals surface area contributed by atoms with Crippen molar-refractivity contribution in [1.82, 2.24) is 4.90 Å². The predicted molar refractivity (Wildman–Crippen MR) is 64.6 cm³/mol. The largest absolute Gasteiger partial charge is 0.481 e. The van der Waals surface area contributed by atoms with E-state index in [0.29, 0.717) is 19.8 Å². The lowest BCUT2D eigenvalue weighted by atomic mass is 9.87. The number of nitrogens with zero attached hydrogens (tertiary/aromatic N) is 1. The molecule has 1 N–H and O–H groups in total. The molecule has 4 atom stereocenters. The second-order valence-corrected chi connectivity index (χ2v) is 5.57. The molecule has 0 aromatic carbocycles. The monoisotopic (exact) mass is 269 g/mol. The molecule has 0 saturated carbocycles. The standard InChI is InChI=1S/C13H19NO5/c15-12(16)5-8-7-18-4-3-14(8)13(17)10-6-9-1-2-11(10)19-9/h8-11H,1-7H2,(H,15,16). The molecule has 0 aromatic heterocycles. The van der Waals surface area contributed by atoms with E-state index in [1.165, 1.54) is 0 Å². The second kappa shape index (κ2) is 5.09. The highest BCUT2D eigenvalue weighted by Gasteiger charge is 2.47. The maximum absolute atomic E-state index is 12.6. The number of rotatable bonds is 3. The van der Waals surface area contributed by atoms with Gasteiger partial charge in [0.15, 0.2) is 0 Å². The molecule has 2 bridgehead atoms. The van der Waals surface area contributed by atoms with Crippen molar-refractivity contribution in [3.05, 3.63) is 0 Å². The molecular weight excluding hydrogens is 250 g/mol. The zero-order valence-corrected chi connectivity index (χ0v) is 10.8. The molecule has 6 nitrogen and oxygen atoms in total. The van der Waals surface area contributed by atoms with Crippen molar-refractivity contribution in [3.63, 3.8) is 0 Å². The first-order valence-electron chi connectivity index (χ1n) is 6.90. The Morgan fingerprint density at radius 1 is 1.32 bits per heavy atom. The third-order valence-electron chi connectivity index (χ3n) is 4.34. The van der Waals surface area contributed by atoms with Gasteiger partial charge in [0, 0.05) is 6.54 Å². The summed E-state index contributed by atoms with van der Waals surface area (Å²) < 4.78 is 11.0. The molecule has 0 aromatic rings. The number of hydrogen-bond acceptors (Lipinski definition) is 4. The molecule has 106 valence electrons. The van der Waals surface area contributed by atoms with Gasteiger partial charge in [0.25, 0.3) is 0 Å². The number of morpholine rings is 1. The summed E-state index contributed by atoms with van der Waals surface area (Å²) in [5, 5.41) is 8.92. The summed E-state index contributed by atoms with van der Waals surface area (Å²) in [6.45, 7) is 1.30. The molecule has 3 aliphatic rings. The van der Waals surface area contributed by atoms with Crippen LogP contribution in [0.4, 0.5) is 0 Å².